The van der Waals surface area contributed by atoms with Crippen LogP contribution in [0.3, 0.4) is 0 Å². The molecule has 3 N–H and O–H groups in total. The molecule has 0 heterocycles. The molecule has 0 atom stereocenters. The molecule has 0 aliphatic carbocycles. The summed E-state index contributed by atoms with van der Waals surface area (Å²) in [6.07, 6.45) is 1.46. The molecule has 0 unspecified atom stereocenters. The van der Waals surface area contributed by atoms with Crippen LogP contribution in [0, 0.1) is 0 Å². The van der Waals surface area contributed by atoms with Crippen LogP contribution in [-0.4, -0.2) is 33.5 Å². The molecular formula is C17H19N3O4. The fourth-order valence-corrected chi connectivity index (χ4v) is 2.06. The number of benzene rings is 2. The number of carbonyl (C=O) groups excluding carboxylic acids is 1. The number of hydrazone groups is 1. The third-order valence-corrected chi connectivity index (χ3v) is 3.25. The average molecular weight is 329 g/mol. The third-order valence-electron chi connectivity index (χ3n) is 3.25. The summed E-state index contributed by atoms with van der Waals surface area (Å²) in [6.45, 7) is 0. The molecule has 0 spiro atoms. The molecule has 0 aliphatic rings. The van der Waals surface area contributed by atoms with Crippen molar-refractivity contribution in [1.82, 2.24) is 5.43 Å². The van der Waals surface area contributed by atoms with Crippen LogP contribution in [0.4, 0.5) is 5.69 Å². The first kappa shape index (κ1) is 17.1. The van der Waals surface area contributed by atoms with Gasteiger partial charge in [-0.3, -0.25) is 4.79 Å². The summed E-state index contributed by atoms with van der Waals surface area (Å²) in [5, 5.41) is 3.95. The zero-order chi connectivity index (χ0) is 17.5. The Balaban J connectivity index is 2.17. The predicted molar refractivity (Wildman–Crippen MR) is 92.0 cm³/mol. The van der Waals surface area contributed by atoms with Crippen LogP contribution in [0.5, 0.6) is 17.2 Å². The molecule has 2 aromatic rings. The number of hydrogen-bond donors (Lipinski definition) is 2. The molecular weight excluding hydrogens is 310 g/mol. The van der Waals surface area contributed by atoms with E-state index in [1.165, 1.54) is 27.5 Å². The van der Waals surface area contributed by atoms with Gasteiger partial charge in [0.25, 0.3) is 5.91 Å². The predicted octanol–water partition coefficient (Wildman–Crippen LogP) is 2.06. The molecule has 0 aromatic heterocycles. The van der Waals surface area contributed by atoms with Crippen LogP contribution in [0.15, 0.2) is 41.5 Å². The second kappa shape index (κ2) is 7.87. The maximum Gasteiger partial charge on any atom is 0.271 e. The van der Waals surface area contributed by atoms with Gasteiger partial charge in [0, 0.05) is 22.9 Å². The van der Waals surface area contributed by atoms with Gasteiger partial charge in [0.2, 0.25) is 0 Å². The number of rotatable bonds is 6. The highest BCUT2D eigenvalue weighted by molar-refractivity contribution is 5.96. The molecule has 0 fully saturated rings. The van der Waals surface area contributed by atoms with Crippen LogP contribution < -0.4 is 25.4 Å². The van der Waals surface area contributed by atoms with Crippen LogP contribution >= 0.6 is 0 Å². The lowest BCUT2D eigenvalue weighted by Gasteiger charge is -2.11. The number of nitrogens with zero attached hydrogens (tertiary/aromatic N) is 1. The first-order valence-electron chi connectivity index (χ1n) is 7.08. The highest BCUT2D eigenvalue weighted by atomic mass is 16.5. The number of methoxy groups -OCH3 is 3. The van der Waals surface area contributed by atoms with Crippen LogP contribution in [0.1, 0.15) is 15.9 Å². The summed E-state index contributed by atoms with van der Waals surface area (Å²) in [4.78, 5) is 12.0. The first-order valence-corrected chi connectivity index (χ1v) is 7.08. The second-order valence-corrected chi connectivity index (χ2v) is 4.77. The zero-order valence-corrected chi connectivity index (χ0v) is 13.7. The lowest BCUT2D eigenvalue weighted by Crippen LogP contribution is -2.17. The molecule has 7 nitrogen and oxygen atoms in total. The van der Waals surface area contributed by atoms with E-state index in [0.717, 1.165) is 0 Å². The van der Waals surface area contributed by atoms with Crippen LogP contribution in [-0.2, 0) is 0 Å². The normalized spacial score (nSPS) is 10.5. The van der Waals surface area contributed by atoms with E-state index >= 15 is 0 Å². The summed E-state index contributed by atoms with van der Waals surface area (Å²) >= 11 is 0. The Bertz CT molecular complexity index is 759. The molecule has 0 saturated heterocycles. The molecule has 0 saturated carbocycles. The van der Waals surface area contributed by atoms with E-state index in [4.69, 9.17) is 19.9 Å². The molecule has 126 valence electrons. The Kier molecular flexibility index (Phi) is 5.62. The Labute approximate surface area is 140 Å². The summed E-state index contributed by atoms with van der Waals surface area (Å²) in [5.74, 6) is 1.24. The summed E-state index contributed by atoms with van der Waals surface area (Å²) in [6, 6.07) is 10.0. The maximum absolute atomic E-state index is 12.0. The van der Waals surface area contributed by atoms with Crippen molar-refractivity contribution in [3.8, 4) is 17.2 Å². The van der Waals surface area contributed by atoms with E-state index in [1.54, 1.807) is 36.4 Å². The molecule has 0 radical (unpaired) electrons. The Morgan fingerprint density at radius 3 is 2.33 bits per heavy atom. The van der Waals surface area contributed by atoms with Gasteiger partial charge in [-0.15, -0.1) is 0 Å². The van der Waals surface area contributed by atoms with E-state index in [1.807, 2.05) is 0 Å². The fourth-order valence-electron chi connectivity index (χ4n) is 2.06. The van der Waals surface area contributed by atoms with Crippen molar-refractivity contribution in [3.05, 3.63) is 47.5 Å². The van der Waals surface area contributed by atoms with E-state index < -0.39 is 0 Å². The number of ether oxygens (including phenoxy) is 3. The number of nitrogens with two attached hydrogens (primary N) is 1. The second-order valence-electron chi connectivity index (χ2n) is 4.77. The molecule has 0 bridgehead atoms. The fraction of sp³-hybridized carbons (Fsp3) is 0.176. The molecule has 2 rings (SSSR count). The number of nitrogen functional groups attached to an aromatic ring is 1. The highest BCUT2D eigenvalue weighted by Gasteiger charge is 2.10. The van der Waals surface area contributed by atoms with Crippen molar-refractivity contribution >= 4 is 17.8 Å². The minimum Gasteiger partial charge on any atom is -0.496 e. The van der Waals surface area contributed by atoms with Gasteiger partial charge in [0.15, 0.2) is 11.5 Å². The lowest BCUT2D eigenvalue weighted by atomic mass is 10.2. The lowest BCUT2D eigenvalue weighted by molar-refractivity contribution is 0.0955. The van der Waals surface area contributed by atoms with Gasteiger partial charge in [-0.1, -0.05) is 6.07 Å². The number of hydrogen-bond acceptors (Lipinski definition) is 6. The van der Waals surface area contributed by atoms with Gasteiger partial charge in [-0.25, -0.2) is 5.43 Å². The van der Waals surface area contributed by atoms with Gasteiger partial charge in [-0.05, 0) is 24.3 Å². The minimum absolute atomic E-state index is 0.363. The molecule has 1 amide bonds. The number of nitrogens with one attached hydrogen (secondary N) is 1. The number of anilines is 1. The Morgan fingerprint density at radius 1 is 1.04 bits per heavy atom. The largest absolute Gasteiger partial charge is 0.496 e. The molecule has 0 aliphatic heterocycles. The topological polar surface area (TPSA) is 95.2 Å². The van der Waals surface area contributed by atoms with Crippen molar-refractivity contribution in [2.75, 3.05) is 27.1 Å². The monoisotopic (exact) mass is 329 g/mol. The van der Waals surface area contributed by atoms with Crippen molar-refractivity contribution in [1.29, 1.82) is 0 Å². The van der Waals surface area contributed by atoms with Crippen LogP contribution in [0.25, 0.3) is 0 Å². The Morgan fingerprint density at radius 2 is 1.71 bits per heavy atom. The van der Waals surface area contributed by atoms with Crippen molar-refractivity contribution in [2.45, 2.75) is 0 Å². The number of amides is 1. The summed E-state index contributed by atoms with van der Waals surface area (Å²) in [7, 11) is 4.60. The van der Waals surface area contributed by atoms with E-state index in [9.17, 15) is 4.79 Å². The third kappa shape index (κ3) is 3.95. The standard InChI is InChI=1S/C17H19N3O4/c1-22-14-9-16(24-3)15(23-2)8-12(14)10-19-20-17(21)11-5-4-6-13(18)7-11/h4-10H,18H2,1-3H3,(H,20,21)/b19-10-. The quantitative estimate of drug-likeness (QED) is 0.480. The smallest absolute Gasteiger partial charge is 0.271 e. The van der Waals surface area contributed by atoms with Crippen molar-refractivity contribution < 1.29 is 19.0 Å². The van der Waals surface area contributed by atoms with E-state index in [-0.39, 0.29) is 5.91 Å². The van der Waals surface area contributed by atoms with Gasteiger partial charge in [-0.2, -0.15) is 5.10 Å². The van der Waals surface area contributed by atoms with Gasteiger partial charge in [0.05, 0.1) is 27.5 Å². The first-order chi connectivity index (χ1) is 11.6. The SMILES string of the molecule is COc1cc(OC)c(OC)cc1/C=N\NC(=O)c1cccc(N)c1. The van der Waals surface area contributed by atoms with Gasteiger partial charge >= 0.3 is 0 Å². The van der Waals surface area contributed by atoms with Crippen molar-refractivity contribution in [3.63, 3.8) is 0 Å². The van der Waals surface area contributed by atoms with E-state index in [0.29, 0.717) is 34.1 Å². The average Bonchev–Trinajstić information content (AvgIpc) is 2.61. The summed E-state index contributed by atoms with van der Waals surface area (Å²) < 4.78 is 15.7. The number of carbonyl (C=O) groups is 1. The van der Waals surface area contributed by atoms with Gasteiger partial charge < -0.3 is 19.9 Å². The minimum atomic E-state index is -0.363. The van der Waals surface area contributed by atoms with E-state index in [2.05, 4.69) is 10.5 Å². The molecule has 24 heavy (non-hydrogen) atoms. The zero-order valence-electron chi connectivity index (χ0n) is 13.7. The highest BCUT2D eigenvalue weighted by Crippen LogP contribution is 2.33. The Hall–Kier alpha value is -3.22. The van der Waals surface area contributed by atoms with Crippen LogP contribution in [0.2, 0.25) is 0 Å². The maximum atomic E-state index is 12.0. The summed E-state index contributed by atoms with van der Waals surface area (Å²) in [5.41, 5.74) is 9.65. The van der Waals surface area contributed by atoms with Crippen molar-refractivity contribution in [2.24, 2.45) is 5.10 Å². The molecule has 2 aromatic carbocycles. The molecule has 7 heteroatoms. The van der Waals surface area contributed by atoms with Gasteiger partial charge in [0.1, 0.15) is 5.75 Å².